The van der Waals surface area contributed by atoms with Crippen molar-refractivity contribution in [3.63, 3.8) is 0 Å². The van der Waals surface area contributed by atoms with E-state index >= 15 is 0 Å². The third-order valence-corrected chi connectivity index (χ3v) is 6.15. The van der Waals surface area contributed by atoms with E-state index in [2.05, 4.69) is 31.3 Å². The third kappa shape index (κ3) is 5.89. The molecule has 6 heteroatoms. The maximum atomic E-state index is 13.2. The molecule has 0 bridgehead atoms. The lowest BCUT2D eigenvalue weighted by Crippen LogP contribution is -2.40. The van der Waals surface area contributed by atoms with Crippen molar-refractivity contribution in [2.45, 2.75) is 34.2 Å². The number of imidazole rings is 1. The summed E-state index contributed by atoms with van der Waals surface area (Å²) in [5.41, 5.74) is 5.93. The molecule has 0 aliphatic carbocycles. The average Bonchev–Trinajstić information content (AvgIpc) is 3.29. The fraction of sp³-hybridized carbons (Fsp3) is 0.233. The van der Waals surface area contributed by atoms with Crippen molar-refractivity contribution in [1.29, 1.82) is 0 Å². The van der Waals surface area contributed by atoms with Crippen LogP contribution in [0.5, 0.6) is 0 Å². The lowest BCUT2D eigenvalue weighted by molar-refractivity contribution is -0.138. The highest BCUT2D eigenvalue weighted by Crippen LogP contribution is 2.25. The minimum absolute atomic E-state index is 0.0631. The van der Waals surface area contributed by atoms with Crippen molar-refractivity contribution >= 4 is 17.8 Å². The van der Waals surface area contributed by atoms with E-state index < -0.39 is 0 Å². The molecular formula is C30H32N4O2. The molecule has 6 nitrogen and oxygen atoms in total. The first kappa shape index (κ1) is 24.9. The summed E-state index contributed by atoms with van der Waals surface area (Å²) >= 11 is 0. The summed E-state index contributed by atoms with van der Waals surface area (Å²) < 4.78 is 1.89. The first-order chi connectivity index (χ1) is 17.3. The van der Waals surface area contributed by atoms with Crippen molar-refractivity contribution in [1.82, 2.24) is 14.5 Å². The van der Waals surface area contributed by atoms with Crippen LogP contribution in [-0.4, -0.2) is 32.8 Å². The Hall–Kier alpha value is -4.19. The molecule has 184 valence electrons. The van der Waals surface area contributed by atoms with E-state index in [9.17, 15) is 9.59 Å². The topological polar surface area (TPSA) is 67.2 Å². The van der Waals surface area contributed by atoms with Gasteiger partial charge in [-0.3, -0.25) is 19.5 Å². The zero-order valence-corrected chi connectivity index (χ0v) is 21.2. The Balaban J connectivity index is 1.63. The molecule has 36 heavy (non-hydrogen) atoms. The van der Waals surface area contributed by atoms with Gasteiger partial charge in [-0.25, -0.2) is 4.98 Å². The van der Waals surface area contributed by atoms with Crippen molar-refractivity contribution in [3.8, 4) is 16.9 Å². The number of hydrogen-bond acceptors (Lipinski definition) is 3. The molecule has 0 saturated carbocycles. The average molecular weight is 481 g/mol. The van der Waals surface area contributed by atoms with Crippen LogP contribution < -0.4 is 5.32 Å². The van der Waals surface area contributed by atoms with Crippen molar-refractivity contribution < 1.29 is 9.59 Å². The highest BCUT2D eigenvalue weighted by Gasteiger charge is 2.22. The van der Waals surface area contributed by atoms with Crippen LogP contribution in [0.3, 0.4) is 0 Å². The molecule has 0 aliphatic rings. The molecule has 0 radical (unpaired) electrons. The van der Waals surface area contributed by atoms with E-state index in [4.69, 9.17) is 4.98 Å². The number of carbonyl (C=O) groups excluding carboxylic acids is 2. The molecule has 0 spiro atoms. The second-order valence-corrected chi connectivity index (χ2v) is 9.34. The van der Waals surface area contributed by atoms with Gasteiger partial charge in [-0.1, -0.05) is 80.6 Å². The Labute approximate surface area is 212 Å². The molecule has 1 aromatic heterocycles. The van der Waals surface area contributed by atoms with Gasteiger partial charge in [0, 0.05) is 29.9 Å². The number of nitrogens with zero attached hydrogens (tertiary/aromatic N) is 3. The van der Waals surface area contributed by atoms with Gasteiger partial charge < -0.3 is 4.90 Å². The van der Waals surface area contributed by atoms with Gasteiger partial charge in [0.05, 0.1) is 5.69 Å². The van der Waals surface area contributed by atoms with Gasteiger partial charge in [-0.05, 0) is 42.7 Å². The summed E-state index contributed by atoms with van der Waals surface area (Å²) in [4.78, 5) is 32.5. The second kappa shape index (κ2) is 11.0. The number of aromatic nitrogens is 2. The van der Waals surface area contributed by atoms with Crippen LogP contribution in [0.4, 0.5) is 5.95 Å². The quantitative estimate of drug-likeness (QED) is 0.348. The Bertz CT molecular complexity index is 1340. The molecule has 1 heterocycles. The Morgan fingerprint density at radius 3 is 2.22 bits per heavy atom. The first-order valence-electron chi connectivity index (χ1n) is 12.2. The molecule has 0 fully saturated rings. The zero-order valence-electron chi connectivity index (χ0n) is 21.2. The zero-order chi connectivity index (χ0) is 25.7. The predicted octanol–water partition coefficient (Wildman–Crippen LogP) is 5.78. The highest BCUT2D eigenvalue weighted by atomic mass is 16.2. The van der Waals surface area contributed by atoms with Crippen LogP contribution in [0.15, 0.2) is 85.1 Å². The van der Waals surface area contributed by atoms with E-state index in [-0.39, 0.29) is 24.3 Å². The van der Waals surface area contributed by atoms with Gasteiger partial charge in [0.1, 0.15) is 6.54 Å². The molecular weight excluding hydrogens is 448 g/mol. The molecule has 0 saturated heterocycles. The predicted molar refractivity (Wildman–Crippen MR) is 144 cm³/mol. The van der Waals surface area contributed by atoms with Crippen LogP contribution in [-0.2, 0) is 16.1 Å². The lowest BCUT2D eigenvalue weighted by Gasteiger charge is -2.24. The molecule has 0 unspecified atom stereocenters. The largest absolute Gasteiger partial charge is 0.329 e. The number of nitrogens with one attached hydrogen (secondary N) is 1. The standard InChI is InChI=1S/C30H32N4O2/c1-21(2)29(36)33(18-24-11-7-5-8-12-24)20-28(35)32-30-31-27(25-13-9-6-10-14-25)19-34(30)26-16-15-22(3)23(4)17-26/h5-17,19,21H,18,20H2,1-4H3,(H,31,32,35). The number of anilines is 1. The van der Waals surface area contributed by atoms with Crippen molar-refractivity contribution in [2.24, 2.45) is 5.92 Å². The minimum Gasteiger partial charge on any atom is -0.329 e. The van der Waals surface area contributed by atoms with Crippen molar-refractivity contribution in [3.05, 3.63) is 102 Å². The van der Waals surface area contributed by atoms with E-state index in [0.717, 1.165) is 28.1 Å². The Morgan fingerprint density at radius 2 is 1.58 bits per heavy atom. The monoisotopic (exact) mass is 480 g/mol. The number of aryl methyl sites for hydroxylation is 2. The van der Waals surface area contributed by atoms with Crippen LogP contribution >= 0.6 is 0 Å². The lowest BCUT2D eigenvalue weighted by atomic mass is 10.1. The number of benzene rings is 3. The van der Waals surface area contributed by atoms with Crippen LogP contribution in [0.25, 0.3) is 16.9 Å². The van der Waals surface area contributed by atoms with Gasteiger partial charge in [-0.2, -0.15) is 0 Å². The maximum Gasteiger partial charge on any atom is 0.246 e. The number of hydrogen-bond donors (Lipinski definition) is 1. The Morgan fingerprint density at radius 1 is 0.917 bits per heavy atom. The van der Waals surface area contributed by atoms with Crippen molar-refractivity contribution in [2.75, 3.05) is 11.9 Å². The molecule has 4 aromatic rings. The summed E-state index contributed by atoms with van der Waals surface area (Å²) in [6.45, 7) is 8.12. The minimum atomic E-state index is -0.296. The van der Waals surface area contributed by atoms with E-state index in [1.807, 2.05) is 91.3 Å². The van der Waals surface area contributed by atoms with Gasteiger partial charge in [0.2, 0.25) is 17.8 Å². The third-order valence-electron chi connectivity index (χ3n) is 6.15. The summed E-state index contributed by atoms with van der Waals surface area (Å²) in [6, 6.07) is 25.7. The summed E-state index contributed by atoms with van der Waals surface area (Å²) in [7, 11) is 0. The maximum absolute atomic E-state index is 13.2. The summed E-state index contributed by atoms with van der Waals surface area (Å²) in [5.74, 6) is -0.172. The molecule has 3 aromatic carbocycles. The molecule has 0 atom stereocenters. The van der Waals surface area contributed by atoms with E-state index in [0.29, 0.717) is 12.5 Å². The normalized spacial score (nSPS) is 10.9. The number of carbonyl (C=O) groups is 2. The van der Waals surface area contributed by atoms with E-state index in [1.54, 1.807) is 4.90 Å². The van der Waals surface area contributed by atoms with Crippen LogP contribution in [0.1, 0.15) is 30.5 Å². The fourth-order valence-corrected chi connectivity index (χ4v) is 4.01. The molecule has 0 aliphatic heterocycles. The molecule has 2 amide bonds. The van der Waals surface area contributed by atoms with Crippen LogP contribution in [0, 0.1) is 19.8 Å². The SMILES string of the molecule is Cc1ccc(-n2cc(-c3ccccc3)nc2NC(=O)CN(Cc2ccccc2)C(=O)C(C)C)cc1C. The molecule has 4 rings (SSSR count). The fourth-order valence-electron chi connectivity index (χ4n) is 4.01. The van der Waals surface area contributed by atoms with Gasteiger partial charge in [0.15, 0.2) is 0 Å². The highest BCUT2D eigenvalue weighted by molar-refractivity contribution is 5.94. The number of rotatable bonds is 8. The second-order valence-electron chi connectivity index (χ2n) is 9.34. The number of amides is 2. The molecule has 1 N–H and O–H groups in total. The van der Waals surface area contributed by atoms with E-state index in [1.165, 1.54) is 5.56 Å². The van der Waals surface area contributed by atoms with Gasteiger partial charge >= 0.3 is 0 Å². The first-order valence-corrected chi connectivity index (χ1v) is 12.2. The summed E-state index contributed by atoms with van der Waals surface area (Å²) in [5, 5.41) is 2.96. The smallest absolute Gasteiger partial charge is 0.246 e. The van der Waals surface area contributed by atoms with Gasteiger partial charge in [-0.15, -0.1) is 0 Å². The van der Waals surface area contributed by atoms with Crippen LogP contribution in [0.2, 0.25) is 0 Å². The van der Waals surface area contributed by atoms with Gasteiger partial charge in [0.25, 0.3) is 0 Å². The Kier molecular flexibility index (Phi) is 7.64. The summed E-state index contributed by atoms with van der Waals surface area (Å²) in [6.07, 6.45) is 1.93.